The minimum absolute atomic E-state index is 0.707. The minimum Gasteiger partial charge on any atom is -0.358 e. The molecule has 0 aromatic heterocycles. The molecule has 16 heavy (non-hydrogen) atoms. The highest BCUT2D eigenvalue weighted by atomic mass is 35.5. The first-order valence-corrected chi connectivity index (χ1v) is 5.49. The summed E-state index contributed by atoms with van der Waals surface area (Å²) in [6.45, 7) is 0. The summed E-state index contributed by atoms with van der Waals surface area (Å²) in [6, 6.07) is 9.79. The number of anilines is 1. The zero-order chi connectivity index (χ0) is 11.4. The molecule has 0 saturated heterocycles. The van der Waals surface area contributed by atoms with Crippen molar-refractivity contribution in [1.82, 2.24) is 0 Å². The quantitative estimate of drug-likeness (QED) is 0.837. The molecule has 0 atom stereocenters. The monoisotopic (exact) mass is 230 g/mol. The highest BCUT2D eigenvalue weighted by Gasteiger charge is 2.07. The van der Waals surface area contributed by atoms with Crippen molar-refractivity contribution in [1.29, 1.82) is 5.26 Å². The van der Waals surface area contributed by atoms with Gasteiger partial charge in [-0.3, -0.25) is 0 Å². The van der Waals surface area contributed by atoms with E-state index < -0.39 is 0 Å². The van der Waals surface area contributed by atoms with Gasteiger partial charge in [-0.15, -0.1) is 0 Å². The molecule has 0 radical (unpaired) electrons. The van der Waals surface area contributed by atoms with Gasteiger partial charge in [-0.25, -0.2) is 0 Å². The average molecular weight is 231 g/mol. The van der Waals surface area contributed by atoms with E-state index in [-0.39, 0.29) is 0 Å². The Balaban J connectivity index is 2.13. The van der Waals surface area contributed by atoms with Crippen molar-refractivity contribution in [2.75, 3.05) is 5.32 Å². The number of rotatable bonds is 2. The van der Waals surface area contributed by atoms with Crippen LogP contribution in [0.3, 0.4) is 0 Å². The number of nitriles is 1. The summed E-state index contributed by atoms with van der Waals surface area (Å²) in [7, 11) is 0. The summed E-state index contributed by atoms with van der Waals surface area (Å²) in [5.41, 5.74) is 2.82. The molecule has 0 spiro atoms. The normalized spacial score (nSPS) is 14.8. The maximum absolute atomic E-state index is 8.72. The van der Waals surface area contributed by atoms with Crippen LogP contribution in [-0.4, -0.2) is 0 Å². The second-order valence-corrected chi connectivity index (χ2v) is 4.01. The molecule has 0 heterocycles. The van der Waals surface area contributed by atoms with E-state index in [1.54, 1.807) is 0 Å². The molecular weight excluding hydrogens is 220 g/mol. The van der Waals surface area contributed by atoms with Crippen molar-refractivity contribution in [3.8, 4) is 6.07 Å². The minimum atomic E-state index is 0.707. The Morgan fingerprint density at radius 3 is 2.62 bits per heavy atom. The van der Waals surface area contributed by atoms with Crippen molar-refractivity contribution in [3.63, 3.8) is 0 Å². The number of halogens is 1. The van der Waals surface area contributed by atoms with Gasteiger partial charge in [-0.05, 0) is 37.1 Å². The number of benzene rings is 1. The summed E-state index contributed by atoms with van der Waals surface area (Å²) in [4.78, 5) is 0. The SMILES string of the molecule is N#CC1=CC=C(Nc2ccccc2Cl)CC1. The third-order valence-electron chi connectivity index (χ3n) is 2.46. The van der Waals surface area contributed by atoms with Gasteiger partial charge in [0, 0.05) is 11.3 Å². The molecule has 0 bridgehead atoms. The Morgan fingerprint density at radius 2 is 2.00 bits per heavy atom. The molecule has 2 nitrogen and oxygen atoms in total. The average Bonchev–Trinajstić information content (AvgIpc) is 2.33. The molecule has 1 aliphatic rings. The predicted molar refractivity (Wildman–Crippen MR) is 66.1 cm³/mol. The summed E-state index contributed by atoms with van der Waals surface area (Å²) in [5, 5.41) is 12.7. The summed E-state index contributed by atoms with van der Waals surface area (Å²) in [6.07, 6.45) is 5.43. The van der Waals surface area contributed by atoms with E-state index >= 15 is 0 Å². The lowest BCUT2D eigenvalue weighted by atomic mass is 10.0. The number of nitrogens with zero attached hydrogens (tertiary/aromatic N) is 1. The van der Waals surface area contributed by atoms with Crippen LogP contribution in [0.1, 0.15) is 12.8 Å². The molecule has 1 aromatic carbocycles. The molecule has 80 valence electrons. The third-order valence-corrected chi connectivity index (χ3v) is 2.79. The van der Waals surface area contributed by atoms with Crippen molar-refractivity contribution >= 4 is 17.3 Å². The van der Waals surface area contributed by atoms with Gasteiger partial charge in [0.2, 0.25) is 0 Å². The van der Waals surface area contributed by atoms with Crippen LogP contribution >= 0.6 is 11.6 Å². The standard InChI is InChI=1S/C13H11ClN2/c14-12-3-1-2-4-13(12)16-11-7-5-10(9-15)6-8-11/h1-5,7,16H,6,8H2. The summed E-state index contributed by atoms with van der Waals surface area (Å²) < 4.78 is 0. The van der Waals surface area contributed by atoms with Gasteiger partial charge in [-0.1, -0.05) is 23.7 Å². The maximum atomic E-state index is 8.72. The molecule has 0 fully saturated rings. The van der Waals surface area contributed by atoms with Crippen LogP contribution in [0.15, 0.2) is 47.7 Å². The van der Waals surface area contributed by atoms with Crippen LogP contribution in [0, 0.1) is 11.3 Å². The molecule has 0 unspecified atom stereocenters. The fourth-order valence-electron chi connectivity index (χ4n) is 1.57. The van der Waals surface area contributed by atoms with Gasteiger partial charge in [0.05, 0.1) is 16.8 Å². The topological polar surface area (TPSA) is 35.8 Å². The maximum Gasteiger partial charge on any atom is 0.0947 e. The molecule has 1 N–H and O–H groups in total. The second kappa shape index (κ2) is 4.87. The van der Waals surface area contributed by atoms with Crippen LogP contribution in [0.4, 0.5) is 5.69 Å². The first-order chi connectivity index (χ1) is 7.79. The first-order valence-electron chi connectivity index (χ1n) is 5.11. The summed E-state index contributed by atoms with van der Waals surface area (Å²) in [5.74, 6) is 0. The molecule has 2 rings (SSSR count). The number of para-hydroxylation sites is 1. The fourth-order valence-corrected chi connectivity index (χ4v) is 1.75. The van der Waals surface area contributed by atoms with Gasteiger partial charge in [-0.2, -0.15) is 5.26 Å². The van der Waals surface area contributed by atoms with Crippen LogP contribution in [0.5, 0.6) is 0 Å². The van der Waals surface area contributed by atoms with Gasteiger partial charge in [0.15, 0.2) is 0 Å². The molecule has 1 aliphatic carbocycles. The Labute approximate surface area is 99.8 Å². The lowest BCUT2D eigenvalue weighted by Crippen LogP contribution is -2.03. The van der Waals surface area contributed by atoms with Crippen LogP contribution in [0.25, 0.3) is 0 Å². The van der Waals surface area contributed by atoms with Crippen LogP contribution in [0.2, 0.25) is 5.02 Å². The van der Waals surface area contributed by atoms with E-state index in [1.807, 2.05) is 36.4 Å². The molecule has 0 aliphatic heterocycles. The Bertz CT molecular complexity index is 495. The van der Waals surface area contributed by atoms with Crippen molar-refractivity contribution in [3.05, 3.63) is 52.7 Å². The third kappa shape index (κ3) is 2.44. The van der Waals surface area contributed by atoms with Crippen molar-refractivity contribution < 1.29 is 0 Å². The van der Waals surface area contributed by atoms with E-state index in [0.29, 0.717) is 5.02 Å². The predicted octanol–water partition coefficient (Wildman–Crippen LogP) is 3.88. The lowest BCUT2D eigenvalue weighted by molar-refractivity contribution is 0.935. The Kier molecular flexibility index (Phi) is 3.28. The number of hydrogen-bond donors (Lipinski definition) is 1. The van der Waals surface area contributed by atoms with Gasteiger partial charge in [0.25, 0.3) is 0 Å². The largest absolute Gasteiger partial charge is 0.358 e. The smallest absolute Gasteiger partial charge is 0.0947 e. The number of allylic oxidation sites excluding steroid dienone is 4. The molecular formula is C13H11ClN2. The molecule has 0 saturated carbocycles. The van der Waals surface area contributed by atoms with Gasteiger partial charge >= 0.3 is 0 Å². The fraction of sp³-hybridized carbons (Fsp3) is 0.154. The molecule has 3 heteroatoms. The lowest BCUT2D eigenvalue weighted by Gasteiger charge is -2.14. The molecule has 0 amide bonds. The highest BCUT2D eigenvalue weighted by molar-refractivity contribution is 6.33. The van der Waals surface area contributed by atoms with Crippen molar-refractivity contribution in [2.24, 2.45) is 0 Å². The zero-order valence-electron chi connectivity index (χ0n) is 8.70. The van der Waals surface area contributed by atoms with Crippen molar-refractivity contribution in [2.45, 2.75) is 12.8 Å². The number of nitrogens with one attached hydrogen (secondary N) is 1. The molecule has 1 aromatic rings. The first kappa shape index (κ1) is 10.8. The number of hydrogen-bond acceptors (Lipinski definition) is 2. The Morgan fingerprint density at radius 1 is 1.19 bits per heavy atom. The van der Waals surface area contributed by atoms with E-state index in [1.165, 1.54) is 0 Å². The van der Waals surface area contributed by atoms with E-state index in [0.717, 1.165) is 29.8 Å². The zero-order valence-corrected chi connectivity index (χ0v) is 9.46. The summed E-state index contributed by atoms with van der Waals surface area (Å²) >= 11 is 6.04. The van der Waals surface area contributed by atoms with E-state index in [2.05, 4.69) is 11.4 Å². The van der Waals surface area contributed by atoms with E-state index in [4.69, 9.17) is 16.9 Å². The van der Waals surface area contributed by atoms with Gasteiger partial charge < -0.3 is 5.32 Å². The van der Waals surface area contributed by atoms with Crippen LogP contribution < -0.4 is 5.32 Å². The van der Waals surface area contributed by atoms with Crippen LogP contribution in [-0.2, 0) is 0 Å². The second-order valence-electron chi connectivity index (χ2n) is 3.60. The highest BCUT2D eigenvalue weighted by Crippen LogP contribution is 2.25. The van der Waals surface area contributed by atoms with E-state index in [9.17, 15) is 0 Å². The van der Waals surface area contributed by atoms with Gasteiger partial charge in [0.1, 0.15) is 0 Å². The Hall–Kier alpha value is -1.72.